The van der Waals surface area contributed by atoms with E-state index in [9.17, 15) is 4.79 Å². The molecule has 2 aromatic rings. The van der Waals surface area contributed by atoms with E-state index in [-0.39, 0.29) is 18.6 Å². The maximum atomic E-state index is 12.3. The zero-order valence-corrected chi connectivity index (χ0v) is 14.0. The molecule has 1 saturated carbocycles. The Morgan fingerprint density at radius 1 is 1.46 bits per heavy atom. The van der Waals surface area contributed by atoms with Crippen molar-refractivity contribution in [1.82, 2.24) is 14.9 Å². The number of aromatic amines is 1. The molecule has 4 rings (SSSR count). The fourth-order valence-corrected chi connectivity index (χ4v) is 3.28. The molecule has 6 nitrogen and oxygen atoms in total. The normalized spacial score (nSPS) is 21.4. The molecule has 6 heteroatoms. The molecular weight excluding hydrogens is 306 g/mol. The van der Waals surface area contributed by atoms with Gasteiger partial charge in [0.2, 0.25) is 5.91 Å². The van der Waals surface area contributed by atoms with Crippen molar-refractivity contribution in [3.05, 3.63) is 29.6 Å². The summed E-state index contributed by atoms with van der Waals surface area (Å²) in [6, 6.07) is 6.03. The van der Waals surface area contributed by atoms with Crippen molar-refractivity contribution in [3.63, 3.8) is 0 Å². The second-order valence-electron chi connectivity index (χ2n) is 6.73. The Morgan fingerprint density at radius 2 is 2.33 bits per heavy atom. The number of benzene rings is 1. The average molecular weight is 329 g/mol. The van der Waals surface area contributed by atoms with E-state index in [2.05, 4.69) is 9.97 Å². The maximum absolute atomic E-state index is 12.3. The van der Waals surface area contributed by atoms with Gasteiger partial charge in [-0.1, -0.05) is 12.1 Å². The maximum Gasteiger partial charge on any atom is 0.248 e. The van der Waals surface area contributed by atoms with Crippen LogP contribution in [0, 0.1) is 12.8 Å². The largest absolute Gasteiger partial charge is 0.374 e. The summed E-state index contributed by atoms with van der Waals surface area (Å²) in [5.74, 6) is 1.45. The predicted octanol–water partition coefficient (Wildman–Crippen LogP) is 2.03. The molecule has 0 bridgehead atoms. The molecular formula is C18H23N3O3. The lowest BCUT2D eigenvalue weighted by molar-refractivity contribution is -0.144. The highest BCUT2D eigenvalue weighted by molar-refractivity contribution is 5.78. The van der Waals surface area contributed by atoms with Crippen LogP contribution in [0.1, 0.15) is 24.2 Å². The summed E-state index contributed by atoms with van der Waals surface area (Å²) in [4.78, 5) is 22.0. The standard InChI is InChI=1S/C18H23N3O3/c1-12-3-2-4-14-18(12)20-16(19-14)10-23-11-17(22)21-7-8-24-15(9-21)13-5-6-13/h2-4,13,15H,5-11H2,1H3,(H,19,20). The van der Waals surface area contributed by atoms with E-state index in [1.165, 1.54) is 12.8 Å². The van der Waals surface area contributed by atoms with Gasteiger partial charge in [-0.15, -0.1) is 0 Å². The van der Waals surface area contributed by atoms with Gasteiger partial charge in [0.05, 0.1) is 23.7 Å². The summed E-state index contributed by atoms with van der Waals surface area (Å²) < 4.78 is 11.3. The highest BCUT2D eigenvalue weighted by Crippen LogP contribution is 2.35. The van der Waals surface area contributed by atoms with Gasteiger partial charge in [0, 0.05) is 13.1 Å². The summed E-state index contributed by atoms with van der Waals surface area (Å²) in [6.07, 6.45) is 2.68. The fourth-order valence-electron chi connectivity index (χ4n) is 3.28. The van der Waals surface area contributed by atoms with Crippen molar-refractivity contribution in [2.45, 2.75) is 32.5 Å². The zero-order chi connectivity index (χ0) is 16.5. The van der Waals surface area contributed by atoms with E-state index in [1.807, 2.05) is 30.0 Å². The number of aromatic nitrogens is 2. The number of aryl methyl sites for hydroxylation is 1. The minimum Gasteiger partial charge on any atom is -0.374 e. The van der Waals surface area contributed by atoms with Crippen LogP contribution in [0.4, 0.5) is 0 Å². The third-order valence-corrected chi connectivity index (χ3v) is 4.82. The van der Waals surface area contributed by atoms with Crippen molar-refractivity contribution in [3.8, 4) is 0 Å². The van der Waals surface area contributed by atoms with Gasteiger partial charge in [-0.25, -0.2) is 4.98 Å². The predicted molar refractivity (Wildman–Crippen MR) is 89.5 cm³/mol. The summed E-state index contributed by atoms with van der Waals surface area (Å²) in [5.41, 5.74) is 3.09. The molecule has 0 spiro atoms. The smallest absolute Gasteiger partial charge is 0.248 e. The van der Waals surface area contributed by atoms with Gasteiger partial charge in [0.15, 0.2) is 0 Å². The van der Waals surface area contributed by atoms with Crippen LogP contribution in [0.5, 0.6) is 0 Å². The number of imidazole rings is 1. The Hall–Kier alpha value is -1.92. The SMILES string of the molecule is Cc1cccc2[nH]c(COCC(=O)N3CCOC(C4CC4)C3)nc12. The van der Waals surface area contributed by atoms with E-state index < -0.39 is 0 Å². The lowest BCUT2D eigenvalue weighted by Gasteiger charge is -2.33. The third kappa shape index (κ3) is 3.30. The van der Waals surface area contributed by atoms with Crippen LogP contribution >= 0.6 is 0 Å². The summed E-state index contributed by atoms with van der Waals surface area (Å²) in [5, 5.41) is 0. The number of hydrogen-bond acceptors (Lipinski definition) is 4. The molecule has 128 valence electrons. The molecule has 1 aromatic carbocycles. The van der Waals surface area contributed by atoms with Gasteiger partial charge < -0.3 is 19.4 Å². The number of carbonyl (C=O) groups excluding carboxylic acids is 1. The molecule has 2 aliphatic rings. The zero-order valence-electron chi connectivity index (χ0n) is 14.0. The molecule has 1 amide bonds. The number of nitrogens with one attached hydrogen (secondary N) is 1. The number of amides is 1. The van der Waals surface area contributed by atoms with E-state index >= 15 is 0 Å². The molecule has 1 aliphatic carbocycles. The lowest BCUT2D eigenvalue weighted by atomic mass is 10.2. The van der Waals surface area contributed by atoms with Gasteiger partial charge in [-0.3, -0.25) is 4.79 Å². The molecule has 2 fully saturated rings. The van der Waals surface area contributed by atoms with Crippen LogP contribution in [0.15, 0.2) is 18.2 Å². The highest BCUT2D eigenvalue weighted by Gasteiger charge is 2.36. The van der Waals surface area contributed by atoms with Crippen LogP contribution in [0.3, 0.4) is 0 Å². The van der Waals surface area contributed by atoms with Crippen LogP contribution in [0.25, 0.3) is 11.0 Å². The first-order valence-corrected chi connectivity index (χ1v) is 8.62. The Bertz CT molecular complexity index is 738. The number of rotatable bonds is 5. The molecule has 1 aliphatic heterocycles. The Labute approximate surface area is 141 Å². The Balaban J connectivity index is 1.29. The minimum absolute atomic E-state index is 0.0382. The van der Waals surface area contributed by atoms with Crippen molar-refractivity contribution in [1.29, 1.82) is 0 Å². The van der Waals surface area contributed by atoms with Crippen LogP contribution in [-0.4, -0.2) is 53.2 Å². The Morgan fingerprint density at radius 3 is 3.12 bits per heavy atom. The van der Waals surface area contributed by atoms with Gasteiger partial charge in [0.25, 0.3) is 0 Å². The number of hydrogen-bond donors (Lipinski definition) is 1. The molecule has 1 N–H and O–H groups in total. The fraction of sp³-hybridized carbons (Fsp3) is 0.556. The van der Waals surface area contributed by atoms with Gasteiger partial charge in [-0.05, 0) is 37.3 Å². The quantitative estimate of drug-likeness (QED) is 0.911. The third-order valence-electron chi connectivity index (χ3n) is 4.82. The first-order valence-electron chi connectivity index (χ1n) is 8.62. The average Bonchev–Trinajstić information content (AvgIpc) is 3.36. The van der Waals surface area contributed by atoms with Crippen molar-refractivity contribution in [2.75, 3.05) is 26.3 Å². The molecule has 1 atom stereocenters. The molecule has 1 unspecified atom stereocenters. The van der Waals surface area contributed by atoms with Gasteiger partial charge >= 0.3 is 0 Å². The second kappa shape index (κ2) is 6.53. The number of nitrogens with zero attached hydrogens (tertiary/aromatic N) is 2. The van der Waals surface area contributed by atoms with E-state index in [4.69, 9.17) is 9.47 Å². The highest BCUT2D eigenvalue weighted by atomic mass is 16.5. The number of para-hydroxylation sites is 1. The molecule has 0 radical (unpaired) electrons. The number of ether oxygens (including phenoxy) is 2. The topological polar surface area (TPSA) is 67.5 Å². The Kier molecular flexibility index (Phi) is 4.24. The monoisotopic (exact) mass is 329 g/mol. The number of morpholine rings is 1. The van der Waals surface area contributed by atoms with Crippen molar-refractivity contribution >= 4 is 16.9 Å². The number of fused-ring (bicyclic) bond motifs is 1. The van der Waals surface area contributed by atoms with E-state index in [1.54, 1.807) is 0 Å². The van der Waals surface area contributed by atoms with Gasteiger partial charge in [-0.2, -0.15) is 0 Å². The van der Waals surface area contributed by atoms with Crippen LogP contribution in [0.2, 0.25) is 0 Å². The number of carbonyl (C=O) groups is 1. The summed E-state index contributed by atoms with van der Waals surface area (Å²) in [6.45, 7) is 4.44. The van der Waals surface area contributed by atoms with E-state index in [0.717, 1.165) is 22.4 Å². The molecule has 1 saturated heterocycles. The lowest BCUT2D eigenvalue weighted by Crippen LogP contribution is -2.47. The van der Waals surface area contributed by atoms with Crippen LogP contribution < -0.4 is 0 Å². The second-order valence-corrected chi connectivity index (χ2v) is 6.73. The first kappa shape index (κ1) is 15.6. The molecule has 1 aromatic heterocycles. The van der Waals surface area contributed by atoms with Crippen molar-refractivity contribution < 1.29 is 14.3 Å². The summed E-state index contributed by atoms with van der Waals surface area (Å²) >= 11 is 0. The minimum atomic E-state index is 0.0382. The molecule has 2 heterocycles. The molecule has 24 heavy (non-hydrogen) atoms. The van der Waals surface area contributed by atoms with Crippen LogP contribution in [-0.2, 0) is 20.9 Å². The first-order chi connectivity index (χ1) is 11.7. The van der Waals surface area contributed by atoms with E-state index in [0.29, 0.717) is 32.2 Å². The number of H-pyrrole nitrogens is 1. The summed E-state index contributed by atoms with van der Waals surface area (Å²) in [7, 11) is 0. The van der Waals surface area contributed by atoms with Gasteiger partial charge in [0.1, 0.15) is 19.0 Å². The van der Waals surface area contributed by atoms with Crippen molar-refractivity contribution in [2.24, 2.45) is 5.92 Å².